The number of anilines is 1. The predicted molar refractivity (Wildman–Crippen MR) is 148 cm³/mol. The lowest BCUT2D eigenvalue weighted by molar-refractivity contribution is 0.0945. The highest BCUT2D eigenvalue weighted by atomic mass is 35.5. The molecule has 2 amide bonds. The minimum atomic E-state index is -0.161. The summed E-state index contributed by atoms with van der Waals surface area (Å²) in [7, 11) is 1.55. The minimum absolute atomic E-state index is 0. The average Bonchev–Trinajstić information content (AvgIpc) is 3.55. The van der Waals surface area contributed by atoms with Crippen LogP contribution >= 0.6 is 35.3 Å². The van der Waals surface area contributed by atoms with Gasteiger partial charge in [-0.15, -0.1) is 23.7 Å². The second-order valence-corrected chi connectivity index (χ2v) is 10.4. The van der Waals surface area contributed by atoms with Crippen LogP contribution in [0.4, 0.5) is 5.69 Å². The van der Waals surface area contributed by atoms with Crippen molar-refractivity contribution in [1.29, 1.82) is 0 Å². The second-order valence-electron chi connectivity index (χ2n) is 8.87. The van der Waals surface area contributed by atoms with Crippen LogP contribution in [0.15, 0.2) is 48.5 Å². The highest BCUT2D eigenvalue weighted by molar-refractivity contribution is 7.17. The van der Waals surface area contributed by atoms with Gasteiger partial charge in [0.15, 0.2) is 0 Å². The number of likely N-dealkylation sites (tertiary alicyclic amines) is 1. The number of carbonyl (C=O) groups excluding carboxylic acids is 2. The Bertz CT molecular complexity index is 1240. The first-order valence-electron chi connectivity index (χ1n) is 11.9. The molecule has 1 saturated heterocycles. The van der Waals surface area contributed by atoms with Crippen LogP contribution in [0.5, 0.6) is 5.75 Å². The third-order valence-corrected chi connectivity index (χ3v) is 8.10. The van der Waals surface area contributed by atoms with E-state index in [4.69, 9.17) is 16.3 Å². The zero-order chi connectivity index (χ0) is 24.4. The lowest BCUT2D eigenvalue weighted by Gasteiger charge is -2.27. The van der Waals surface area contributed by atoms with E-state index in [1.807, 2.05) is 30.3 Å². The fraction of sp³-hybridized carbons (Fsp3) is 0.333. The smallest absolute Gasteiger partial charge is 0.268 e. The number of hydrogen-bond donors (Lipinski definition) is 1. The molecule has 0 aliphatic carbocycles. The van der Waals surface area contributed by atoms with Gasteiger partial charge in [0.05, 0.1) is 17.6 Å². The molecule has 1 N–H and O–H groups in total. The van der Waals surface area contributed by atoms with E-state index in [2.05, 4.69) is 16.3 Å². The third-order valence-electron chi connectivity index (χ3n) is 6.64. The van der Waals surface area contributed by atoms with Crippen molar-refractivity contribution in [2.45, 2.75) is 19.3 Å². The van der Waals surface area contributed by atoms with Gasteiger partial charge < -0.3 is 19.9 Å². The van der Waals surface area contributed by atoms with Crippen LogP contribution in [0.1, 0.15) is 38.4 Å². The Morgan fingerprint density at radius 1 is 1.08 bits per heavy atom. The van der Waals surface area contributed by atoms with E-state index in [0.29, 0.717) is 29.4 Å². The lowest BCUT2D eigenvalue weighted by atomic mass is 10.0. The Hall–Kier alpha value is -2.58. The number of amides is 2. The largest absolute Gasteiger partial charge is 0.496 e. The van der Waals surface area contributed by atoms with Crippen molar-refractivity contribution in [1.82, 2.24) is 10.2 Å². The summed E-state index contributed by atoms with van der Waals surface area (Å²) in [4.78, 5) is 32.1. The molecule has 0 radical (unpaired) electrons. The predicted octanol–water partition coefficient (Wildman–Crippen LogP) is 5.53. The Morgan fingerprint density at radius 2 is 1.83 bits per heavy atom. The van der Waals surface area contributed by atoms with Crippen molar-refractivity contribution < 1.29 is 14.3 Å². The number of rotatable bonds is 7. The van der Waals surface area contributed by atoms with Crippen LogP contribution < -0.4 is 15.0 Å². The molecule has 2 aliphatic rings. The molecule has 1 fully saturated rings. The Kier molecular flexibility index (Phi) is 8.57. The highest BCUT2D eigenvalue weighted by Gasteiger charge is 2.29. The molecule has 3 aromatic rings. The van der Waals surface area contributed by atoms with Gasteiger partial charge in [0.1, 0.15) is 5.75 Å². The van der Waals surface area contributed by atoms with E-state index >= 15 is 0 Å². The summed E-state index contributed by atoms with van der Waals surface area (Å²) in [6, 6.07) is 15.1. The number of fused-ring (bicyclic) bond motifs is 1. The number of nitrogens with one attached hydrogen (secondary N) is 1. The molecule has 0 unspecified atom stereocenters. The summed E-state index contributed by atoms with van der Waals surface area (Å²) in [5.41, 5.74) is 3.33. The summed E-state index contributed by atoms with van der Waals surface area (Å²) in [5.74, 6) is 0.278. The molecule has 9 heteroatoms. The fourth-order valence-electron chi connectivity index (χ4n) is 4.72. The maximum atomic E-state index is 13.4. The molecule has 190 valence electrons. The van der Waals surface area contributed by atoms with E-state index < -0.39 is 0 Å². The highest BCUT2D eigenvalue weighted by Crippen LogP contribution is 2.37. The molecule has 0 spiro atoms. The molecule has 3 heterocycles. The van der Waals surface area contributed by atoms with Crippen molar-refractivity contribution in [2.75, 3.05) is 44.7 Å². The molecule has 6 nitrogen and oxygen atoms in total. The number of ether oxygens (including phenoxy) is 1. The number of hydrogen-bond acceptors (Lipinski definition) is 5. The van der Waals surface area contributed by atoms with E-state index in [1.54, 1.807) is 24.1 Å². The number of halogens is 2. The first kappa shape index (κ1) is 26.5. The van der Waals surface area contributed by atoms with Crippen molar-refractivity contribution in [3.8, 4) is 16.2 Å². The van der Waals surface area contributed by atoms with Crippen LogP contribution in [-0.2, 0) is 6.42 Å². The van der Waals surface area contributed by atoms with Crippen LogP contribution in [0.25, 0.3) is 10.4 Å². The Labute approximate surface area is 226 Å². The van der Waals surface area contributed by atoms with Gasteiger partial charge in [-0.1, -0.05) is 23.7 Å². The molecule has 5 rings (SSSR count). The molecule has 2 aromatic carbocycles. The normalized spacial score (nSPS) is 15.4. The van der Waals surface area contributed by atoms with Gasteiger partial charge in [-0.2, -0.15) is 0 Å². The van der Waals surface area contributed by atoms with Crippen LogP contribution in [0.2, 0.25) is 5.02 Å². The number of nitrogens with zero attached hydrogens (tertiary/aromatic N) is 2. The Balaban J connectivity index is 0.00000304. The van der Waals surface area contributed by atoms with Gasteiger partial charge in [0.25, 0.3) is 11.8 Å². The van der Waals surface area contributed by atoms with Crippen molar-refractivity contribution >= 4 is 52.8 Å². The van der Waals surface area contributed by atoms with Gasteiger partial charge in [-0.3, -0.25) is 9.59 Å². The van der Waals surface area contributed by atoms with E-state index in [0.717, 1.165) is 52.6 Å². The maximum absolute atomic E-state index is 13.4. The zero-order valence-corrected chi connectivity index (χ0v) is 22.5. The summed E-state index contributed by atoms with van der Waals surface area (Å²) in [5, 5.41) is 3.69. The molecule has 0 saturated carbocycles. The minimum Gasteiger partial charge on any atom is -0.496 e. The first-order valence-corrected chi connectivity index (χ1v) is 13.1. The molecule has 36 heavy (non-hydrogen) atoms. The molecular formula is C27H29Cl2N3O3S. The Morgan fingerprint density at radius 3 is 2.56 bits per heavy atom. The number of benzene rings is 2. The summed E-state index contributed by atoms with van der Waals surface area (Å²) in [6.07, 6.45) is 3.23. The van der Waals surface area contributed by atoms with Gasteiger partial charge >= 0.3 is 0 Å². The van der Waals surface area contributed by atoms with Gasteiger partial charge in [0.2, 0.25) is 0 Å². The molecular weight excluding hydrogens is 517 g/mol. The lowest BCUT2D eigenvalue weighted by Crippen LogP contribution is -2.36. The van der Waals surface area contributed by atoms with E-state index in [1.165, 1.54) is 24.2 Å². The molecule has 0 atom stereocenters. The first-order chi connectivity index (χ1) is 17.0. The summed E-state index contributed by atoms with van der Waals surface area (Å²) < 4.78 is 5.54. The van der Waals surface area contributed by atoms with Crippen LogP contribution in [0.3, 0.4) is 0 Å². The van der Waals surface area contributed by atoms with Crippen molar-refractivity contribution in [3.05, 3.63) is 69.6 Å². The third kappa shape index (κ3) is 5.54. The second kappa shape index (κ2) is 11.6. The summed E-state index contributed by atoms with van der Waals surface area (Å²) >= 11 is 7.53. The van der Waals surface area contributed by atoms with E-state index in [-0.39, 0.29) is 24.2 Å². The molecule has 0 bridgehead atoms. The van der Waals surface area contributed by atoms with Crippen molar-refractivity contribution in [3.63, 3.8) is 0 Å². The van der Waals surface area contributed by atoms with Crippen molar-refractivity contribution in [2.24, 2.45) is 0 Å². The molecule has 1 aromatic heterocycles. The van der Waals surface area contributed by atoms with Gasteiger partial charge in [-0.25, -0.2) is 0 Å². The van der Waals surface area contributed by atoms with Crippen LogP contribution in [0, 0.1) is 0 Å². The number of carbonyl (C=O) groups is 2. The maximum Gasteiger partial charge on any atom is 0.268 e. The van der Waals surface area contributed by atoms with Gasteiger partial charge in [-0.05, 0) is 73.8 Å². The number of thiophene rings is 1. The monoisotopic (exact) mass is 545 g/mol. The standard InChI is InChI=1S/C27H28ClN3O3S.ClH/c1-34-23-17-21(8-9-22(23)26(32)29-11-15-30-12-2-3-13-30)31-14-10-19-16-24(35-25(19)27(31)33)18-4-6-20(28)7-5-18;/h4-9,16-17H,2-3,10-15H2,1H3,(H,29,32);1H. The average molecular weight is 547 g/mol. The topological polar surface area (TPSA) is 61.9 Å². The van der Waals surface area contributed by atoms with Crippen LogP contribution in [-0.4, -0.2) is 56.5 Å². The SMILES string of the molecule is COc1cc(N2CCc3cc(-c4ccc(Cl)cc4)sc3C2=O)ccc1C(=O)NCCN1CCCC1.Cl. The number of methoxy groups -OCH3 is 1. The van der Waals surface area contributed by atoms with Gasteiger partial charge in [0, 0.05) is 41.3 Å². The zero-order valence-electron chi connectivity index (χ0n) is 20.1. The molecule has 2 aliphatic heterocycles. The summed E-state index contributed by atoms with van der Waals surface area (Å²) in [6.45, 7) is 4.24. The fourth-order valence-corrected chi connectivity index (χ4v) is 6.01. The quantitative estimate of drug-likeness (QED) is 0.424. The van der Waals surface area contributed by atoms with E-state index in [9.17, 15) is 9.59 Å².